The Hall–Kier alpha value is -1.80. The summed E-state index contributed by atoms with van der Waals surface area (Å²) in [5.41, 5.74) is 0.567. The van der Waals surface area contributed by atoms with Gasteiger partial charge in [-0.1, -0.05) is 0 Å². The molecule has 0 spiro atoms. The predicted octanol–water partition coefficient (Wildman–Crippen LogP) is 1.37. The van der Waals surface area contributed by atoms with Gasteiger partial charge < -0.3 is 9.80 Å². The highest BCUT2D eigenvalue weighted by Gasteiger charge is 2.41. The molecule has 3 rings (SSSR count). The average Bonchev–Trinajstić information content (AvgIpc) is 2.76. The van der Waals surface area contributed by atoms with E-state index in [1.807, 2.05) is 11.0 Å². The monoisotopic (exact) mass is 290 g/mol. The normalized spacial score (nSPS) is 24.6. The second-order valence-corrected chi connectivity index (χ2v) is 5.51. The molecule has 2 saturated heterocycles. The fourth-order valence-corrected chi connectivity index (χ4v) is 3.34. The average molecular weight is 291 g/mol. The van der Waals surface area contributed by atoms with Crippen molar-refractivity contribution >= 4 is 23.3 Å². The van der Waals surface area contributed by atoms with E-state index in [4.69, 9.17) is 16.9 Å². The molecule has 1 amide bonds. The van der Waals surface area contributed by atoms with Crippen LogP contribution in [-0.2, 0) is 4.79 Å². The van der Waals surface area contributed by atoms with Gasteiger partial charge in [0.15, 0.2) is 0 Å². The van der Waals surface area contributed by atoms with Crippen LogP contribution in [-0.4, -0.2) is 46.8 Å². The zero-order valence-corrected chi connectivity index (χ0v) is 11.8. The highest BCUT2D eigenvalue weighted by atomic mass is 35.5. The number of piperazine rings is 1. The lowest BCUT2D eigenvalue weighted by atomic mass is 10.1. The Labute approximate surface area is 122 Å². The molecule has 5 nitrogen and oxygen atoms in total. The minimum atomic E-state index is 0.0102. The van der Waals surface area contributed by atoms with Crippen LogP contribution >= 0.6 is 11.6 Å². The van der Waals surface area contributed by atoms with Crippen molar-refractivity contribution in [2.24, 2.45) is 0 Å². The molecule has 2 aliphatic rings. The molecule has 0 aromatic carbocycles. The second kappa shape index (κ2) is 5.29. The molecule has 0 aliphatic carbocycles. The SMILES string of the molecule is N#Cc1ccc(N2[C@@H]3CC[C@H]2CN(C(=O)CCl)C3)nc1. The van der Waals surface area contributed by atoms with E-state index in [2.05, 4.69) is 16.0 Å². The lowest BCUT2D eigenvalue weighted by Crippen LogP contribution is -2.56. The summed E-state index contributed by atoms with van der Waals surface area (Å²) in [6, 6.07) is 6.37. The van der Waals surface area contributed by atoms with Crippen molar-refractivity contribution < 1.29 is 4.79 Å². The van der Waals surface area contributed by atoms with Crippen LogP contribution < -0.4 is 4.90 Å². The maximum atomic E-state index is 11.7. The standard InChI is InChI=1S/C14H15ClN4O/c15-5-14(20)18-8-11-2-3-12(9-18)19(11)13-4-1-10(6-16)7-17-13/h1,4,7,11-12H,2-3,5,8-9H2/t11-,12+. The number of carbonyl (C=O) groups is 1. The van der Waals surface area contributed by atoms with E-state index < -0.39 is 0 Å². The molecule has 0 unspecified atom stereocenters. The first kappa shape index (κ1) is 13.2. The van der Waals surface area contributed by atoms with Gasteiger partial charge in [-0.15, -0.1) is 11.6 Å². The summed E-state index contributed by atoms with van der Waals surface area (Å²) < 4.78 is 0. The van der Waals surface area contributed by atoms with E-state index in [1.165, 1.54) is 0 Å². The molecule has 2 fully saturated rings. The number of alkyl halides is 1. The third kappa shape index (κ3) is 2.20. The number of halogens is 1. The number of pyridine rings is 1. The van der Waals surface area contributed by atoms with Crippen molar-refractivity contribution in [1.82, 2.24) is 9.88 Å². The summed E-state index contributed by atoms with van der Waals surface area (Å²) in [4.78, 5) is 20.3. The number of nitriles is 1. The number of rotatable bonds is 2. The van der Waals surface area contributed by atoms with Gasteiger partial charge in [0.2, 0.25) is 5.91 Å². The molecule has 3 heterocycles. The lowest BCUT2D eigenvalue weighted by Gasteiger charge is -2.41. The molecule has 104 valence electrons. The second-order valence-electron chi connectivity index (χ2n) is 5.24. The van der Waals surface area contributed by atoms with Gasteiger partial charge in [0.25, 0.3) is 0 Å². The summed E-state index contributed by atoms with van der Waals surface area (Å²) in [5.74, 6) is 0.958. The molecule has 0 radical (unpaired) electrons. The van der Waals surface area contributed by atoms with Crippen LogP contribution in [0.3, 0.4) is 0 Å². The van der Waals surface area contributed by atoms with Crippen LogP contribution in [0.4, 0.5) is 5.82 Å². The maximum absolute atomic E-state index is 11.7. The van der Waals surface area contributed by atoms with E-state index >= 15 is 0 Å². The van der Waals surface area contributed by atoms with Crippen LogP contribution in [0, 0.1) is 11.3 Å². The lowest BCUT2D eigenvalue weighted by molar-refractivity contribution is -0.129. The highest BCUT2D eigenvalue weighted by Crippen LogP contribution is 2.33. The first-order chi connectivity index (χ1) is 9.72. The Morgan fingerprint density at radius 2 is 2.10 bits per heavy atom. The molecule has 6 heteroatoms. The minimum Gasteiger partial charge on any atom is -0.347 e. The number of likely N-dealkylation sites (tertiary alicyclic amines) is 1. The molecule has 2 atom stereocenters. The van der Waals surface area contributed by atoms with Crippen molar-refractivity contribution in [3.8, 4) is 6.07 Å². The molecule has 2 bridgehead atoms. The smallest absolute Gasteiger partial charge is 0.237 e. The molecular weight excluding hydrogens is 276 g/mol. The van der Waals surface area contributed by atoms with E-state index in [0.29, 0.717) is 30.7 Å². The number of aromatic nitrogens is 1. The quantitative estimate of drug-likeness (QED) is 0.772. The van der Waals surface area contributed by atoms with Gasteiger partial charge in [0.05, 0.1) is 5.56 Å². The van der Waals surface area contributed by atoms with Crippen molar-refractivity contribution in [2.75, 3.05) is 23.9 Å². The maximum Gasteiger partial charge on any atom is 0.237 e. The van der Waals surface area contributed by atoms with Gasteiger partial charge in [0, 0.05) is 31.4 Å². The highest BCUT2D eigenvalue weighted by molar-refractivity contribution is 6.27. The summed E-state index contributed by atoms with van der Waals surface area (Å²) in [6.45, 7) is 1.42. The number of fused-ring (bicyclic) bond motifs is 2. The molecule has 2 aliphatic heterocycles. The zero-order chi connectivity index (χ0) is 14.1. The Morgan fingerprint density at radius 1 is 1.40 bits per heavy atom. The van der Waals surface area contributed by atoms with Crippen molar-refractivity contribution in [3.05, 3.63) is 23.9 Å². The number of amides is 1. The number of hydrogen-bond acceptors (Lipinski definition) is 4. The van der Waals surface area contributed by atoms with E-state index in [0.717, 1.165) is 18.7 Å². The topological polar surface area (TPSA) is 60.2 Å². The van der Waals surface area contributed by atoms with Crippen molar-refractivity contribution in [2.45, 2.75) is 24.9 Å². The van der Waals surface area contributed by atoms with Gasteiger partial charge in [-0.3, -0.25) is 4.79 Å². The predicted molar refractivity (Wildman–Crippen MR) is 75.5 cm³/mol. The van der Waals surface area contributed by atoms with Crippen molar-refractivity contribution in [1.29, 1.82) is 5.26 Å². The molecule has 0 saturated carbocycles. The molecule has 0 N–H and O–H groups in total. The van der Waals surface area contributed by atoms with Crippen LogP contribution in [0.1, 0.15) is 18.4 Å². The fourth-order valence-electron chi connectivity index (χ4n) is 3.17. The summed E-state index contributed by atoms with van der Waals surface area (Å²) in [6.07, 6.45) is 3.74. The van der Waals surface area contributed by atoms with Gasteiger partial charge in [-0.05, 0) is 25.0 Å². The summed E-state index contributed by atoms with van der Waals surface area (Å²) >= 11 is 5.64. The van der Waals surface area contributed by atoms with E-state index in [-0.39, 0.29) is 11.8 Å². The number of hydrogen-bond donors (Lipinski definition) is 0. The van der Waals surface area contributed by atoms with Gasteiger partial charge in [0.1, 0.15) is 17.8 Å². The number of nitrogens with zero attached hydrogens (tertiary/aromatic N) is 4. The van der Waals surface area contributed by atoms with Crippen LogP contribution in [0.5, 0.6) is 0 Å². The Balaban J connectivity index is 1.80. The molecule has 1 aromatic rings. The summed E-state index contributed by atoms with van der Waals surface area (Å²) in [7, 11) is 0. The Bertz CT molecular complexity index is 539. The Kier molecular flexibility index (Phi) is 3.49. The van der Waals surface area contributed by atoms with E-state index in [1.54, 1.807) is 12.3 Å². The van der Waals surface area contributed by atoms with Gasteiger partial charge >= 0.3 is 0 Å². The number of carbonyl (C=O) groups excluding carboxylic acids is 1. The minimum absolute atomic E-state index is 0.0102. The summed E-state index contributed by atoms with van der Waals surface area (Å²) in [5, 5.41) is 8.82. The van der Waals surface area contributed by atoms with Crippen LogP contribution in [0.2, 0.25) is 0 Å². The zero-order valence-electron chi connectivity index (χ0n) is 11.0. The third-order valence-electron chi connectivity index (χ3n) is 4.09. The van der Waals surface area contributed by atoms with E-state index in [9.17, 15) is 4.79 Å². The molecule has 20 heavy (non-hydrogen) atoms. The molecular formula is C14H15ClN4O. The third-order valence-corrected chi connectivity index (χ3v) is 4.32. The van der Waals surface area contributed by atoms with Crippen LogP contribution in [0.15, 0.2) is 18.3 Å². The number of anilines is 1. The largest absolute Gasteiger partial charge is 0.347 e. The van der Waals surface area contributed by atoms with Gasteiger partial charge in [-0.2, -0.15) is 5.26 Å². The first-order valence-electron chi connectivity index (χ1n) is 6.71. The molecule has 1 aromatic heterocycles. The Morgan fingerprint density at radius 3 is 2.60 bits per heavy atom. The van der Waals surface area contributed by atoms with Crippen molar-refractivity contribution in [3.63, 3.8) is 0 Å². The van der Waals surface area contributed by atoms with Gasteiger partial charge in [-0.25, -0.2) is 4.98 Å². The van der Waals surface area contributed by atoms with Crippen LogP contribution in [0.25, 0.3) is 0 Å². The fraction of sp³-hybridized carbons (Fsp3) is 0.500. The first-order valence-corrected chi connectivity index (χ1v) is 7.24.